The Balaban J connectivity index is 1.76. The molecule has 7 nitrogen and oxygen atoms in total. The van der Waals surface area contributed by atoms with E-state index >= 15 is 0 Å². The molecular weight excluding hydrogens is 340 g/mol. The zero-order valence-corrected chi connectivity index (χ0v) is 15.6. The Hall–Kier alpha value is -1.93. The Morgan fingerprint density at radius 2 is 2.08 bits per heavy atom. The largest absolute Gasteiger partial charge is 0.424 e. The highest BCUT2D eigenvalue weighted by molar-refractivity contribution is 7.93. The number of nitrogens with one attached hydrogen (secondary N) is 2. The highest BCUT2D eigenvalue weighted by atomic mass is 32.2. The smallest absolute Gasteiger partial charge is 0.236 e. The lowest BCUT2D eigenvalue weighted by Gasteiger charge is -2.17. The molecule has 2 unspecified atom stereocenters. The van der Waals surface area contributed by atoms with Gasteiger partial charge in [-0.2, -0.15) is 0 Å². The van der Waals surface area contributed by atoms with Gasteiger partial charge < -0.3 is 9.73 Å². The van der Waals surface area contributed by atoms with E-state index in [-0.39, 0.29) is 6.04 Å². The van der Waals surface area contributed by atoms with Gasteiger partial charge in [0.2, 0.25) is 21.8 Å². The van der Waals surface area contributed by atoms with Crippen molar-refractivity contribution >= 4 is 15.7 Å². The Morgan fingerprint density at radius 1 is 1.28 bits per heavy atom. The molecule has 3 rings (SSSR count). The summed E-state index contributed by atoms with van der Waals surface area (Å²) in [5, 5.41) is 10.6. The summed E-state index contributed by atoms with van der Waals surface area (Å²) in [5.41, 5.74) is 2.62. The predicted octanol–water partition coefficient (Wildman–Crippen LogP) is 2.35. The maximum Gasteiger partial charge on any atom is 0.236 e. The number of para-hydroxylation sites is 1. The van der Waals surface area contributed by atoms with Crippen molar-refractivity contribution in [3.05, 3.63) is 41.1 Å². The molecule has 25 heavy (non-hydrogen) atoms. The average Bonchev–Trinajstić information content (AvgIpc) is 3.25. The lowest BCUT2D eigenvalue weighted by atomic mass is 10.1. The molecule has 2 atom stereocenters. The van der Waals surface area contributed by atoms with Crippen molar-refractivity contribution in [1.82, 2.24) is 15.5 Å². The fourth-order valence-corrected chi connectivity index (χ4v) is 4.58. The number of aromatic nitrogens is 2. The van der Waals surface area contributed by atoms with E-state index in [1.807, 2.05) is 39.0 Å². The lowest BCUT2D eigenvalue weighted by molar-refractivity contribution is 0.405. The van der Waals surface area contributed by atoms with Gasteiger partial charge in [0.05, 0.1) is 17.0 Å². The Kier molecular flexibility index (Phi) is 5.10. The third-order valence-electron chi connectivity index (χ3n) is 4.60. The number of rotatable bonds is 6. The first-order valence-corrected chi connectivity index (χ1v) is 10.1. The van der Waals surface area contributed by atoms with E-state index in [1.54, 1.807) is 0 Å². The number of hydrogen-bond acceptors (Lipinski definition) is 6. The summed E-state index contributed by atoms with van der Waals surface area (Å²) in [7, 11) is -3.51. The summed E-state index contributed by atoms with van der Waals surface area (Å²) in [6, 6.07) is 5.58. The van der Waals surface area contributed by atoms with Crippen molar-refractivity contribution in [3.63, 3.8) is 0 Å². The Morgan fingerprint density at radius 3 is 2.76 bits per heavy atom. The molecule has 1 aromatic carbocycles. The molecule has 1 aromatic heterocycles. The van der Waals surface area contributed by atoms with Gasteiger partial charge in [-0.25, -0.2) is 8.42 Å². The first-order chi connectivity index (χ1) is 11.9. The minimum absolute atomic E-state index is 0.225. The van der Waals surface area contributed by atoms with Crippen molar-refractivity contribution in [2.24, 2.45) is 0 Å². The fourth-order valence-electron chi connectivity index (χ4n) is 3.07. The standard InChI is InChI=1S/C17H24N4O3S/c1-4-12-8-6-7-11(3)16(12)21-25(22,23)13-9-14(18-10-13)17-20-19-15(5-2)24-17/h6-8,13-14,18,21H,4-5,9-10H2,1-3H3. The first-order valence-electron chi connectivity index (χ1n) is 8.60. The molecule has 1 fully saturated rings. The molecule has 8 heteroatoms. The molecule has 2 N–H and O–H groups in total. The van der Waals surface area contributed by atoms with Gasteiger partial charge in [0.25, 0.3) is 0 Å². The van der Waals surface area contributed by atoms with Gasteiger partial charge in [-0.1, -0.05) is 32.0 Å². The lowest BCUT2D eigenvalue weighted by Crippen LogP contribution is -2.30. The quantitative estimate of drug-likeness (QED) is 0.817. The highest BCUT2D eigenvalue weighted by Gasteiger charge is 2.37. The molecule has 0 radical (unpaired) electrons. The zero-order valence-electron chi connectivity index (χ0n) is 14.7. The van der Waals surface area contributed by atoms with Crippen LogP contribution in [0.4, 0.5) is 5.69 Å². The average molecular weight is 364 g/mol. The van der Waals surface area contributed by atoms with Gasteiger partial charge >= 0.3 is 0 Å². The summed E-state index contributed by atoms with van der Waals surface area (Å²) >= 11 is 0. The second-order valence-corrected chi connectivity index (χ2v) is 8.28. The number of nitrogens with zero attached hydrogens (tertiary/aromatic N) is 2. The van der Waals surface area contributed by atoms with Gasteiger partial charge in [0.1, 0.15) is 0 Å². The first kappa shape index (κ1) is 17.9. The normalized spacial score (nSPS) is 20.8. The van der Waals surface area contributed by atoms with Gasteiger partial charge in [-0.15, -0.1) is 10.2 Å². The van der Waals surface area contributed by atoms with Crippen molar-refractivity contribution < 1.29 is 12.8 Å². The molecule has 136 valence electrons. The van der Waals surface area contributed by atoms with Crippen LogP contribution >= 0.6 is 0 Å². The van der Waals surface area contributed by atoms with E-state index in [0.29, 0.717) is 36.9 Å². The summed E-state index contributed by atoms with van der Waals surface area (Å²) in [4.78, 5) is 0. The molecular formula is C17H24N4O3S. The topological polar surface area (TPSA) is 97.1 Å². The molecule has 0 aliphatic carbocycles. The van der Waals surface area contributed by atoms with Gasteiger partial charge in [-0.05, 0) is 30.9 Å². The fraction of sp³-hybridized carbons (Fsp3) is 0.529. The Bertz CT molecular complexity index is 847. The monoisotopic (exact) mass is 364 g/mol. The summed E-state index contributed by atoms with van der Waals surface area (Å²) in [5.74, 6) is 1.02. The minimum Gasteiger partial charge on any atom is -0.424 e. The number of anilines is 1. The molecule has 1 aliphatic heterocycles. The van der Waals surface area contributed by atoms with Crippen LogP contribution in [-0.4, -0.2) is 30.4 Å². The Labute approximate surface area is 148 Å². The van der Waals surface area contributed by atoms with Gasteiger partial charge in [-0.3, -0.25) is 4.72 Å². The van der Waals surface area contributed by atoms with Crippen LogP contribution in [0.3, 0.4) is 0 Å². The van der Waals surface area contributed by atoms with Crippen LogP contribution in [0, 0.1) is 6.92 Å². The minimum atomic E-state index is -3.51. The van der Waals surface area contributed by atoms with Crippen LogP contribution in [-0.2, 0) is 22.9 Å². The molecule has 0 saturated carbocycles. The summed E-state index contributed by atoms with van der Waals surface area (Å²) in [6.45, 7) is 6.22. The van der Waals surface area contributed by atoms with E-state index in [9.17, 15) is 8.42 Å². The van der Waals surface area contributed by atoms with Crippen molar-refractivity contribution in [1.29, 1.82) is 0 Å². The van der Waals surface area contributed by atoms with Crippen LogP contribution < -0.4 is 10.0 Å². The number of hydrogen-bond donors (Lipinski definition) is 2. The highest BCUT2D eigenvalue weighted by Crippen LogP contribution is 2.29. The molecule has 1 saturated heterocycles. The molecule has 2 aromatic rings. The predicted molar refractivity (Wildman–Crippen MR) is 95.9 cm³/mol. The van der Waals surface area contributed by atoms with Crippen LogP contribution in [0.5, 0.6) is 0 Å². The zero-order chi connectivity index (χ0) is 18.0. The SMILES string of the molecule is CCc1nnc(C2CC(S(=O)(=O)Nc3c(C)cccc3CC)CN2)o1. The van der Waals surface area contributed by atoms with Gasteiger partial charge in [0.15, 0.2) is 0 Å². The summed E-state index contributed by atoms with van der Waals surface area (Å²) in [6.07, 6.45) is 1.84. The number of sulfonamides is 1. The third kappa shape index (κ3) is 3.69. The maximum atomic E-state index is 12.8. The van der Waals surface area contributed by atoms with E-state index in [1.165, 1.54) is 0 Å². The van der Waals surface area contributed by atoms with Crippen LogP contribution in [0.1, 0.15) is 49.2 Å². The second kappa shape index (κ2) is 7.13. The van der Waals surface area contributed by atoms with E-state index in [4.69, 9.17) is 4.42 Å². The molecule has 2 heterocycles. The second-order valence-electron chi connectivity index (χ2n) is 6.32. The van der Waals surface area contributed by atoms with Crippen molar-refractivity contribution in [2.75, 3.05) is 11.3 Å². The summed E-state index contributed by atoms with van der Waals surface area (Å²) < 4.78 is 34.0. The van der Waals surface area contributed by atoms with Crippen molar-refractivity contribution in [3.8, 4) is 0 Å². The van der Waals surface area contributed by atoms with E-state index < -0.39 is 15.3 Å². The number of benzene rings is 1. The van der Waals surface area contributed by atoms with Crippen LogP contribution in [0.25, 0.3) is 0 Å². The van der Waals surface area contributed by atoms with Crippen molar-refractivity contribution in [2.45, 2.75) is 51.3 Å². The van der Waals surface area contributed by atoms with E-state index in [2.05, 4.69) is 20.2 Å². The van der Waals surface area contributed by atoms with Gasteiger partial charge in [0, 0.05) is 13.0 Å². The molecule has 1 aliphatic rings. The molecule has 0 spiro atoms. The van der Waals surface area contributed by atoms with Crippen LogP contribution in [0.15, 0.2) is 22.6 Å². The molecule has 0 bridgehead atoms. The number of aryl methyl sites for hydroxylation is 3. The maximum absolute atomic E-state index is 12.8. The van der Waals surface area contributed by atoms with Crippen LogP contribution in [0.2, 0.25) is 0 Å². The van der Waals surface area contributed by atoms with E-state index in [0.717, 1.165) is 17.5 Å². The third-order valence-corrected chi connectivity index (χ3v) is 6.32. The molecule has 0 amide bonds.